The minimum absolute atomic E-state index is 0.00352. The van der Waals surface area contributed by atoms with Gasteiger partial charge in [0.25, 0.3) is 5.91 Å². The predicted octanol–water partition coefficient (Wildman–Crippen LogP) is 4.11. The molecule has 3 fully saturated rings. The van der Waals surface area contributed by atoms with E-state index in [-0.39, 0.29) is 31.2 Å². The average Bonchev–Trinajstić information content (AvgIpc) is 3.94. The van der Waals surface area contributed by atoms with Crippen molar-refractivity contribution in [2.75, 3.05) is 11.9 Å². The smallest absolute Gasteiger partial charge is 0.410 e. The summed E-state index contributed by atoms with van der Waals surface area (Å²) in [6, 6.07) is 4.19. The number of hydrogen-bond acceptors (Lipinski definition) is 10. The minimum atomic E-state index is -3.88. The van der Waals surface area contributed by atoms with Crippen LogP contribution >= 0.6 is 11.3 Å². The zero-order valence-corrected chi connectivity index (χ0v) is 31.1. The van der Waals surface area contributed by atoms with Gasteiger partial charge in [-0.15, -0.1) is 17.9 Å². The van der Waals surface area contributed by atoms with Crippen molar-refractivity contribution in [3.63, 3.8) is 0 Å². The highest BCUT2D eigenvalue weighted by atomic mass is 32.2. The van der Waals surface area contributed by atoms with Crippen LogP contribution in [-0.4, -0.2) is 82.5 Å². The van der Waals surface area contributed by atoms with Gasteiger partial charge in [-0.3, -0.25) is 24.0 Å². The summed E-state index contributed by atoms with van der Waals surface area (Å²) in [5.41, 5.74) is 2.56. The lowest BCUT2D eigenvalue weighted by Gasteiger charge is -2.32. The molecule has 13 nitrogen and oxygen atoms in total. The van der Waals surface area contributed by atoms with E-state index in [1.165, 1.54) is 22.3 Å². The Labute approximate surface area is 308 Å². The van der Waals surface area contributed by atoms with Crippen LogP contribution in [0.2, 0.25) is 0 Å². The summed E-state index contributed by atoms with van der Waals surface area (Å²) in [4.78, 5) is 63.8. The summed E-state index contributed by atoms with van der Waals surface area (Å²) >= 11 is 1.42. The molecule has 1 saturated heterocycles. The largest absolute Gasteiger partial charge is 0.444 e. The number of aromatic nitrogens is 1. The maximum absolute atomic E-state index is 14.6. The van der Waals surface area contributed by atoms with E-state index in [1.54, 1.807) is 4.90 Å². The third-order valence-corrected chi connectivity index (χ3v) is 13.7. The number of nitrogens with zero attached hydrogens (tertiary/aromatic N) is 3. The molecule has 0 unspecified atom stereocenters. The van der Waals surface area contributed by atoms with E-state index in [0.717, 1.165) is 41.6 Å². The zero-order valence-electron chi connectivity index (χ0n) is 29.5. The lowest BCUT2D eigenvalue weighted by atomic mass is 9.97. The molecule has 6 atom stereocenters. The van der Waals surface area contributed by atoms with Crippen molar-refractivity contribution in [1.29, 1.82) is 0 Å². The lowest BCUT2D eigenvalue weighted by molar-refractivity contribution is -0.141. The maximum atomic E-state index is 14.6. The highest BCUT2D eigenvalue weighted by Crippen LogP contribution is 2.45. The lowest BCUT2D eigenvalue weighted by Crippen LogP contribution is -2.58. The Hall–Kier alpha value is -4.24. The predicted molar refractivity (Wildman–Crippen MR) is 196 cm³/mol. The molecule has 0 radical (unpaired) electrons. The number of amides is 4. The second-order valence-electron chi connectivity index (χ2n) is 14.7. The first-order valence-electron chi connectivity index (χ1n) is 18.2. The van der Waals surface area contributed by atoms with Gasteiger partial charge in [0, 0.05) is 24.3 Å². The molecule has 1 aromatic carbocycles. The number of allylic oxidation sites excluding steroid dienone is 1. The van der Waals surface area contributed by atoms with Crippen LogP contribution in [0.1, 0.15) is 81.2 Å². The third-order valence-electron chi connectivity index (χ3n) is 11.1. The third kappa shape index (κ3) is 7.21. The van der Waals surface area contributed by atoms with Gasteiger partial charge in [0.05, 0.1) is 24.0 Å². The Morgan fingerprint density at radius 2 is 2.06 bits per heavy atom. The molecular weight excluding hydrogens is 705 g/mol. The van der Waals surface area contributed by atoms with Crippen molar-refractivity contribution in [2.24, 2.45) is 11.8 Å². The van der Waals surface area contributed by atoms with Crippen LogP contribution in [0.25, 0.3) is 6.08 Å². The zero-order chi connectivity index (χ0) is 36.8. The summed E-state index contributed by atoms with van der Waals surface area (Å²) in [6.07, 6.45) is 8.73. The number of ether oxygens (including phenoxy) is 1. The number of thiazole rings is 1. The fourth-order valence-corrected chi connectivity index (χ4v) is 9.59. The van der Waals surface area contributed by atoms with Crippen molar-refractivity contribution in [2.45, 2.75) is 107 Å². The normalized spacial score (nSPS) is 28.7. The van der Waals surface area contributed by atoms with Crippen molar-refractivity contribution < 1.29 is 32.3 Å². The van der Waals surface area contributed by atoms with Crippen LogP contribution in [0.15, 0.2) is 42.3 Å². The average molecular weight is 751 g/mol. The number of rotatable bonds is 8. The van der Waals surface area contributed by atoms with Crippen LogP contribution in [0.3, 0.4) is 0 Å². The van der Waals surface area contributed by atoms with Gasteiger partial charge < -0.3 is 20.3 Å². The molecule has 52 heavy (non-hydrogen) atoms. The summed E-state index contributed by atoms with van der Waals surface area (Å²) in [5, 5.41) is 8.13. The van der Waals surface area contributed by atoms with Gasteiger partial charge in [0.1, 0.15) is 23.7 Å². The summed E-state index contributed by atoms with van der Waals surface area (Å²) in [5.74, 6) is -2.44. The standard InChI is InChI=1S/C37H46N6O7S2/c1-4-22(3)31-33(45)43-19-27(16-30(43)32(44)40-37(17-25(37)5-2)34(46)41-52(48,49)28-14-15-28)50-36(47)42-18-24-12-9-11-23(29(24)20-42)10-7-6-8-13-26-21-51-35(38-26)39-31/h5,7,9-12,21-22,25,27-28,30-31H,2,4,6,8,13-20H2,1,3H3,(H,38,39)(H,40,44)(H,41,46)/b10-7+/t22-,25-,27-,30+,31+,37-/m1/s1. The number of fused-ring (bicyclic) bond motifs is 5. The number of hydrogen-bond donors (Lipinski definition) is 3. The highest BCUT2D eigenvalue weighted by molar-refractivity contribution is 7.91. The quantitative estimate of drug-likeness (QED) is 0.337. The van der Waals surface area contributed by atoms with Crippen molar-refractivity contribution >= 4 is 56.4 Å². The molecule has 3 N–H and O–H groups in total. The molecule has 2 saturated carbocycles. The first-order valence-corrected chi connectivity index (χ1v) is 20.6. The molecule has 278 valence electrons. The molecule has 2 aromatic rings. The summed E-state index contributed by atoms with van der Waals surface area (Å²) in [6.45, 7) is 8.44. The fourth-order valence-electron chi connectivity index (χ4n) is 7.44. The molecule has 3 aliphatic heterocycles. The topological polar surface area (TPSA) is 167 Å². The Bertz CT molecular complexity index is 1910. The summed E-state index contributed by atoms with van der Waals surface area (Å²) < 4.78 is 33.6. The van der Waals surface area contributed by atoms with Gasteiger partial charge in [-0.1, -0.05) is 56.7 Å². The van der Waals surface area contributed by atoms with Crippen molar-refractivity contribution in [3.8, 4) is 0 Å². The molecule has 2 aliphatic carbocycles. The molecule has 15 heteroatoms. The van der Waals surface area contributed by atoms with E-state index >= 15 is 0 Å². The first-order chi connectivity index (χ1) is 24.9. The number of carbonyl (C=O) groups is 4. The maximum Gasteiger partial charge on any atom is 0.410 e. The van der Waals surface area contributed by atoms with Crippen LogP contribution in [0, 0.1) is 11.8 Å². The van der Waals surface area contributed by atoms with E-state index in [0.29, 0.717) is 37.5 Å². The number of sulfonamides is 1. The molecule has 7 rings (SSSR count). The number of benzene rings is 1. The monoisotopic (exact) mass is 750 g/mol. The van der Waals surface area contributed by atoms with Gasteiger partial charge in [-0.05, 0) is 61.1 Å². The van der Waals surface area contributed by atoms with E-state index < -0.39 is 62.8 Å². The molecule has 4 heterocycles. The molecule has 6 bridgehead atoms. The van der Waals surface area contributed by atoms with Crippen LogP contribution in [0.4, 0.5) is 9.93 Å². The van der Waals surface area contributed by atoms with Crippen LogP contribution < -0.4 is 15.4 Å². The van der Waals surface area contributed by atoms with E-state index in [4.69, 9.17) is 9.72 Å². The minimum Gasteiger partial charge on any atom is -0.444 e. The van der Waals surface area contributed by atoms with Gasteiger partial charge in [-0.25, -0.2) is 18.2 Å². The number of nitrogens with one attached hydrogen (secondary N) is 3. The van der Waals surface area contributed by atoms with Gasteiger partial charge in [0.2, 0.25) is 21.8 Å². The Morgan fingerprint density at radius 1 is 1.25 bits per heavy atom. The number of anilines is 1. The highest BCUT2D eigenvalue weighted by Gasteiger charge is 2.62. The van der Waals surface area contributed by atoms with Gasteiger partial charge in [-0.2, -0.15) is 0 Å². The molecule has 0 spiro atoms. The molecule has 5 aliphatic rings. The van der Waals surface area contributed by atoms with E-state index in [1.807, 2.05) is 37.4 Å². The SMILES string of the molecule is C=C[C@@H]1C[C@]1(NC(=O)[C@@H]1C[C@@H]2CN1C(=O)[C@H]([C@H](C)CC)Nc1nc(cs1)CCC/C=C/c1cccc3c1CN(C3)C(=O)O2)C(=O)NS(=O)(=O)C1CC1. The molecule has 4 amide bonds. The van der Waals surface area contributed by atoms with Crippen LogP contribution in [-0.2, 0) is 48.7 Å². The number of carbonyl (C=O) groups excluding carboxylic acids is 4. The molecule has 1 aromatic heterocycles. The Balaban J connectivity index is 1.18. The summed E-state index contributed by atoms with van der Waals surface area (Å²) in [7, 11) is -3.88. The molecular formula is C37H46N6O7S2. The van der Waals surface area contributed by atoms with Crippen LogP contribution in [0.5, 0.6) is 0 Å². The van der Waals surface area contributed by atoms with Crippen molar-refractivity contribution in [3.05, 3.63) is 64.7 Å². The first kappa shape index (κ1) is 36.1. The second-order valence-corrected chi connectivity index (χ2v) is 17.5. The van der Waals surface area contributed by atoms with Gasteiger partial charge in [0.15, 0.2) is 5.13 Å². The Kier molecular flexibility index (Phi) is 9.93. The fraction of sp³-hybridized carbons (Fsp3) is 0.541. The van der Waals surface area contributed by atoms with E-state index in [2.05, 4.69) is 34.1 Å². The number of aryl methyl sites for hydroxylation is 1. The second kappa shape index (κ2) is 14.3. The van der Waals surface area contributed by atoms with E-state index in [9.17, 15) is 27.6 Å². The van der Waals surface area contributed by atoms with Gasteiger partial charge >= 0.3 is 6.09 Å². The van der Waals surface area contributed by atoms with Crippen molar-refractivity contribution in [1.82, 2.24) is 24.8 Å². The Morgan fingerprint density at radius 3 is 2.79 bits per heavy atom.